The van der Waals surface area contributed by atoms with Gasteiger partial charge in [0.2, 0.25) is 0 Å². The van der Waals surface area contributed by atoms with E-state index in [2.05, 4.69) is 22.2 Å². The molecule has 0 aliphatic carbocycles. The molecule has 1 aromatic carbocycles. The minimum absolute atomic E-state index is 0.00299. The number of nitrogens with zero attached hydrogens (tertiary/aromatic N) is 2. The summed E-state index contributed by atoms with van der Waals surface area (Å²) in [6.45, 7) is 2.58. The molecule has 1 unspecified atom stereocenters. The van der Waals surface area contributed by atoms with Crippen molar-refractivity contribution in [1.82, 2.24) is 4.90 Å². The molecule has 5 nitrogen and oxygen atoms in total. The standard InChI is InChI=1S/C14H21N3O2/c1-19-16-13-8-17(10-14(13,9-15)11-18)7-12-5-3-2-4-6-12/h2-6,18H,7-11,15H2,1H3/b16-13+. The normalized spacial score (nSPS) is 25.9. The van der Waals surface area contributed by atoms with Crippen molar-refractivity contribution in [3.63, 3.8) is 0 Å². The first kappa shape index (κ1) is 14.0. The van der Waals surface area contributed by atoms with Gasteiger partial charge in [0.05, 0.1) is 17.7 Å². The molecule has 0 aromatic heterocycles. The quantitative estimate of drug-likeness (QED) is 0.756. The first-order chi connectivity index (χ1) is 9.24. The van der Waals surface area contributed by atoms with Gasteiger partial charge < -0.3 is 15.7 Å². The van der Waals surface area contributed by atoms with E-state index < -0.39 is 5.41 Å². The average molecular weight is 263 g/mol. The van der Waals surface area contributed by atoms with Crippen LogP contribution in [-0.2, 0) is 11.4 Å². The van der Waals surface area contributed by atoms with Gasteiger partial charge in [-0.1, -0.05) is 35.5 Å². The Kier molecular flexibility index (Phi) is 4.52. The summed E-state index contributed by atoms with van der Waals surface area (Å²) in [5, 5.41) is 13.7. The lowest BCUT2D eigenvalue weighted by atomic mass is 9.86. The van der Waals surface area contributed by atoms with Gasteiger partial charge in [0, 0.05) is 26.2 Å². The third-order valence-corrected chi connectivity index (χ3v) is 3.66. The van der Waals surface area contributed by atoms with Gasteiger partial charge in [-0.05, 0) is 5.56 Å². The second-order valence-electron chi connectivity index (χ2n) is 4.99. The number of hydrogen-bond acceptors (Lipinski definition) is 5. The summed E-state index contributed by atoms with van der Waals surface area (Å²) >= 11 is 0. The Morgan fingerprint density at radius 1 is 1.42 bits per heavy atom. The molecule has 2 rings (SSSR count). The molecule has 1 saturated heterocycles. The number of likely N-dealkylation sites (tertiary alicyclic amines) is 1. The van der Waals surface area contributed by atoms with Crippen LogP contribution in [0.1, 0.15) is 5.56 Å². The first-order valence-corrected chi connectivity index (χ1v) is 6.42. The van der Waals surface area contributed by atoms with Crippen molar-refractivity contribution in [1.29, 1.82) is 0 Å². The van der Waals surface area contributed by atoms with Crippen LogP contribution in [0, 0.1) is 5.41 Å². The summed E-state index contributed by atoms with van der Waals surface area (Å²) in [6, 6.07) is 10.2. The van der Waals surface area contributed by atoms with Gasteiger partial charge in [-0.25, -0.2) is 0 Å². The number of aliphatic hydroxyl groups is 1. The minimum Gasteiger partial charge on any atom is -0.399 e. The smallest absolute Gasteiger partial charge is 0.106 e. The summed E-state index contributed by atoms with van der Waals surface area (Å²) in [7, 11) is 1.52. The van der Waals surface area contributed by atoms with Crippen LogP contribution in [0.2, 0.25) is 0 Å². The third-order valence-electron chi connectivity index (χ3n) is 3.66. The van der Waals surface area contributed by atoms with E-state index >= 15 is 0 Å². The van der Waals surface area contributed by atoms with E-state index in [1.165, 1.54) is 12.7 Å². The van der Waals surface area contributed by atoms with E-state index in [-0.39, 0.29) is 6.61 Å². The van der Waals surface area contributed by atoms with Crippen molar-refractivity contribution in [2.45, 2.75) is 6.54 Å². The first-order valence-electron chi connectivity index (χ1n) is 6.42. The topological polar surface area (TPSA) is 71.1 Å². The van der Waals surface area contributed by atoms with Gasteiger partial charge >= 0.3 is 0 Å². The van der Waals surface area contributed by atoms with E-state index in [0.717, 1.165) is 12.3 Å². The van der Waals surface area contributed by atoms with Crippen LogP contribution in [0.25, 0.3) is 0 Å². The van der Waals surface area contributed by atoms with Crippen LogP contribution in [0.4, 0.5) is 0 Å². The van der Waals surface area contributed by atoms with E-state index in [1.54, 1.807) is 0 Å². The van der Waals surface area contributed by atoms with Crippen LogP contribution >= 0.6 is 0 Å². The molecule has 1 fully saturated rings. The highest BCUT2D eigenvalue weighted by atomic mass is 16.6. The van der Waals surface area contributed by atoms with Crippen LogP contribution in [0.15, 0.2) is 35.5 Å². The maximum absolute atomic E-state index is 9.65. The molecule has 1 aromatic rings. The van der Waals surface area contributed by atoms with Crippen molar-refractivity contribution in [3.05, 3.63) is 35.9 Å². The zero-order valence-electron chi connectivity index (χ0n) is 11.2. The maximum Gasteiger partial charge on any atom is 0.106 e. The lowest BCUT2D eigenvalue weighted by Crippen LogP contribution is -2.42. The number of hydrogen-bond donors (Lipinski definition) is 2. The molecular weight excluding hydrogens is 242 g/mol. The fraction of sp³-hybridized carbons (Fsp3) is 0.500. The van der Waals surface area contributed by atoms with Gasteiger partial charge in [0.1, 0.15) is 7.11 Å². The predicted octanol–water partition coefficient (Wildman–Crippen LogP) is 0.442. The summed E-state index contributed by atoms with van der Waals surface area (Å²) in [6.07, 6.45) is 0. The van der Waals surface area contributed by atoms with E-state index in [1.807, 2.05) is 18.2 Å². The van der Waals surface area contributed by atoms with Crippen molar-refractivity contribution < 1.29 is 9.94 Å². The highest BCUT2D eigenvalue weighted by molar-refractivity contribution is 5.94. The van der Waals surface area contributed by atoms with Gasteiger partial charge in [0.15, 0.2) is 0 Å². The zero-order chi connectivity index (χ0) is 13.7. The SMILES string of the molecule is CO/N=C1\CN(Cc2ccccc2)CC1(CN)CO. The summed E-state index contributed by atoms with van der Waals surface area (Å²) < 4.78 is 0. The van der Waals surface area contributed by atoms with Crippen LogP contribution < -0.4 is 5.73 Å². The van der Waals surface area contributed by atoms with Crippen LogP contribution in [-0.4, -0.2) is 49.1 Å². The molecule has 0 bridgehead atoms. The van der Waals surface area contributed by atoms with Gasteiger partial charge in [-0.3, -0.25) is 4.90 Å². The van der Waals surface area contributed by atoms with E-state index in [9.17, 15) is 5.11 Å². The third kappa shape index (κ3) is 2.94. The maximum atomic E-state index is 9.65. The van der Waals surface area contributed by atoms with Crippen molar-refractivity contribution in [2.24, 2.45) is 16.3 Å². The Balaban J connectivity index is 2.12. The Labute approximate surface area is 113 Å². The van der Waals surface area contributed by atoms with Gasteiger partial charge in [0.25, 0.3) is 0 Å². The van der Waals surface area contributed by atoms with E-state index in [0.29, 0.717) is 19.6 Å². The fourth-order valence-corrected chi connectivity index (χ4v) is 2.53. The molecule has 0 radical (unpaired) electrons. The molecule has 19 heavy (non-hydrogen) atoms. The Morgan fingerprint density at radius 2 is 2.16 bits per heavy atom. The zero-order valence-corrected chi connectivity index (χ0v) is 11.2. The summed E-state index contributed by atoms with van der Waals surface area (Å²) in [5.41, 5.74) is 7.44. The van der Waals surface area contributed by atoms with E-state index in [4.69, 9.17) is 10.6 Å². The monoisotopic (exact) mass is 263 g/mol. The van der Waals surface area contributed by atoms with Gasteiger partial charge in [-0.15, -0.1) is 0 Å². The molecule has 104 valence electrons. The second-order valence-corrected chi connectivity index (χ2v) is 4.99. The minimum atomic E-state index is -0.467. The fourth-order valence-electron chi connectivity index (χ4n) is 2.53. The second kappa shape index (κ2) is 6.14. The summed E-state index contributed by atoms with van der Waals surface area (Å²) in [5.74, 6) is 0. The summed E-state index contributed by atoms with van der Waals surface area (Å²) in [4.78, 5) is 7.11. The molecular formula is C14H21N3O2. The number of nitrogens with two attached hydrogens (primary N) is 1. The molecule has 5 heteroatoms. The number of aliphatic hydroxyl groups excluding tert-OH is 1. The Hall–Kier alpha value is -1.43. The molecule has 3 N–H and O–H groups in total. The molecule has 1 aliphatic rings. The lowest BCUT2D eigenvalue weighted by Gasteiger charge is -2.25. The largest absolute Gasteiger partial charge is 0.399 e. The highest BCUT2D eigenvalue weighted by Gasteiger charge is 2.43. The molecule has 1 atom stereocenters. The Morgan fingerprint density at radius 3 is 2.74 bits per heavy atom. The number of benzene rings is 1. The highest BCUT2D eigenvalue weighted by Crippen LogP contribution is 2.28. The van der Waals surface area contributed by atoms with Crippen molar-refractivity contribution in [2.75, 3.05) is 33.4 Å². The average Bonchev–Trinajstić information content (AvgIpc) is 2.79. The molecule has 1 aliphatic heterocycles. The van der Waals surface area contributed by atoms with Crippen LogP contribution in [0.3, 0.4) is 0 Å². The molecule has 0 spiro atoms. The van der Waals surface area contributed by atoms with Gasteiger partial charge in [-0.2, -0.15) is 0 Å². The molecule has 0 amide bonds. The number of oxime groups is 1. The molecule has 1 heterocycles. The predicted molar refractivity (Wildman–Crippen MR) is 74.7 cm³/mol. The number of rotatable bonds is 5. The lowest BCUT2D eigenvalue weighted by molar-refractivity contribution is 0.159. The molecule has 0 saturated carbocycles. The van der Waals surface area contributed by atoms with Crippen molar-refractivity contribution >= 4 is 5.71 Å². The van der Waals surface area contributed by atoms with Crippen LogP contribution in [0.5, 0.6) is 0 Å². The Bertz CT molecular complexity index is 430. The van der Waals surface area contributed by atoms with Crippen molar-refractivity contribution in [3.8, 4) is 0 Å².